The average molecular weight is 613 g/mol. The summed E-state index contributed by atoms with van der Waals surface area (Å²) < 4.78 is 38.6. The smallest absolute Gasteiger partial charge is 0.115 e. The summed E-state index contributed by atoms with van der Waals surface area (Å²) in [5, 5.41) is 0. The van der Waals surface area contributed by atoms with Crippen molar-refractivity contribution in [1.29, 1.82) is 0 Å². The second-order valence-corrected chi connectivity index (χ2v) is 11.1. The highest BCUT2D eigenvalue weighted by Gasteiger charge is 2.35. The van der Waals surface area contributed by atoms with E-state index in [0.717, 1.165) is 22.3 Å². The fourth-order valence-electron chi connectivity index (χ4n) is 4.97. The molecule has 0 spiro atoms. The van der Waals surface area contributed by atoms with Crippen molar-refractivity contribution in [3.05, 3.63) is 144 Å². The van der Waals surface area contributed by atoms with Crippen LogP contribution in [-0.2, 0) is 54.8 Å². The Morgan fingerprint density at radius 1 is 0.444 bits per heavy atom. The van der Waals surface area contributed by atoms with E-state index in [2.05, 4.69) is 48.5 Å². The van der Waals surface area contributed by atoms with Gasteiger partial charge in [-0.25, -0.2) is 0 Å². The number of rotatable bonds is 21. The van der Waals surface area contributed by atoms with Gasteiger partial charge in [-0.2, -0.15) is 0 Å². The summed E-state index contributed by atoms with van der Waals surface area (Å²) in [7, 11) is 0. The summed E-state index contributed by atoms with van der Waals surface area (Å²) in [6.45, 7) is 9.01. The van der Waals surface area contributed by atoms with Crippen LogP contribution in [0, 0.1) is 0 Å². The van der Waals surface area contributed by atoms with Crippen molar-refractivity contribution in [1.82, 2.24) is 0 Å². The minimum absolute atomic E-state index is 0.112. The number of benzene rings is 4. The molecule has 1 unspecified atom stereocenters. The molecular formula is C39H48O6. The van der Waals surface area contributed by atoms with Gasteiger partial charge in [0.2, 0.25) is 0 Å². The Labute approximate surface area is 269 Å². The zero-order valence-corrected chi connectivity index (χ0v) is 26.8. The van der Waals surface area contributed by atoms with Crippen molar-refractivity contribution in [2.24, 2.45) is 0 Å². The Kier molecular flexibility index (Phi) is 15.3. The molecule has 0 aliphatic carbocycles. The maximum Gasteiger partial charge on any atom is 0.115 e. The van der Waals surface area contributed by atoms with Crippen LogP contribution in [0.5, 0.6) is 0 Å². The van der Waals surface area contributed by atoms with Crippen LogP contribution in [0.3, 0.4) is 0 Å². The first-order valence-electron chi connectivity index (χ1n) is 15.9. The van der Waals surface area contributed by atoms with Gasteiger partial charge in [0, 0.05) is 6.61 Å². The maximum absolute atomic E-state index is 6.74. The van der Waals surface area contributed by atoms with Crippen LogP contribution in [0.1, 0.15) is 43.0 Å². The van der Waals surface area contributed by atoms with E-state index in [1.54, 1.807) is 0 Å². The zero-order chi connectivity index (χ0) is 31.5. The molecule has 6 heteroatoms. The number of ether oxygens (including phenoxy) is 6. The van der Waals surface area contributed by atoms with Crippen LogP contribution in [-0.4, -0.2) is 50.3 Å². The predicted octanol–water partition coefficient (Wildman–Crippen LogP) is 7.79. The largest absolute Gasteiger partial charge is 0.376 e. The summed E-state index contributed by atoms with van der Waals surface area (Å²) in [6, 6.07) is 40.6. The molecule has 240 valence electrons. The molecule has 0 bridgehead atoms. The van der Waals surface area contributed by atoms with Gasteiger partial charge in [-0.15, -0.1) is 0 Å². The molecule has 0 aliphatic heterocycles. The van der Waals surface area contributed by atoms with Crippen LogP contribution in [0.25, 0.3) is 0 Å². The van der Waals surface area contributed by atoms with Gasteiger partial charge in [0.05, 0.1) is 51.8 Å². The second kappa shape index (κ2) is 19.9. The van der Waals surface area contributed by atoms with Crippen molar-refractivity contribution >= 4 is 0 Å². The van der Waals surface area contributed by atoms with Crippen molar-refractivity contribution in [3.8, 4) is 0 Å². The molecule has 0 N–H and O–H groups in total. The predicted molar refractivity (Wildman–Crippen MR) is 178 cm³/mol. The number of hydrogen-bond donors (Lipinski definition) is 0. The standard InChI is InChI=1S/C39H48O6/c1-4-42-31(2)32(3)45-38(30-41-26-34-19-11-6-12-20-34)39(44-28-36-23-15-8-16-24-36)37(43-27-35-21-13-7-14-22-35)29-40-25-33-17-9-5-10-18-33/h5-24,31-32,37-39H,4,25-30H2,1-3H3/t31-,32?,37-,38-,39+/m1/s1. The van der Waals surface area contributed by atoms with Crippen LogP contribution in [0.15, 0.2) is 121 Å². The third-order valence-corrected chi connectivity index (χ3v) is 7.59. The molecule has 0 heterocycles. The SMILES string of the molecule is CCO[C@H](C)C(C)O[C@H](COCc1ccccc1)[C@@H](OCc1ccccc1)[C@@H](COCc1ccccc1)OCc1ccccc1. The molecule has 5 atom stereocenters. The Balaban J connectivity index is 1.59. The minimum Gasteiger partial charge on any atom is -0.376 e. The van der Waals surface area contributed by atoms with E-state index in [4.69, 9.17) is 28.4 Å². The summed E-state index contributed by atoms with van der Waals surface area (Å²) in [4.78, 5) is 0. The lowest BCUT2D eigenvalue weighted by atomic mass is 10.1. The van der Waals surface area contributed by atoms with Gasteiger partial charge in [0.25, 0.3) is 0 Å². The van der Waals surface area contributed by atoms with Crippen molar-refractivity contribution in [2.75, 3.05) is 19.8 Å². The average Bonchev–Trinajstić information content (AvgIpc) is 3.08. The highest BCUT2D eigenvalue weighted by molar-refractivity contribution is 5.16. The third kappa shape index (κ3) is 12.5. The molecular weight excluding hydrogens is 564 g/mol. The lowest BCUT2D eigenvalue weighted by Crippen LogP contribution is -2.49. The van der Waals surface area contributed by atoms with Crippen LogP contribution >= 0.6 is 0 Å². The van der Waals surface area contributed by atoms with Gasteiger partial charge < -0.3 is 28.4 Å². The fraction of sp³-hybridized carbons (Fsp3) is 0.385. The van der Waals surface area contributed by atoms with E-state index in [9.17, 15) is 0 Å². The third-order valence-electron chi connectivity index (χ3n) is 7.59. The topological polar surface area (TPSA) is 55.4 Å². The van der Waals surface area contributed by atoms with E-state index >= 15 is 0 Å². The Morgan fingerprint density at radius 2 is 0.844 bits per heavy atom. The van der Waals surface area contributed by atoms with Gasteiger partial charge in [0.1, 0.15) is 18.3 Å². The first kappa shape index (κ1) is 34.5. The van der Waals surface area contributed by atoms with Crippen LogP contribution in [0.4, 0.5) is 0 Å². The Hall–Kier alpha value is -3.36. The van der Waals surface area contributed by atoms with E-state index in [0.29, 0.717) is 46.2 Å². The summed E-state index contributed by atoms with van der Waals surface area (Å²) >= 11 is 0. The van der Waals surface area contributed by atoms with E-state index < -0.39 is 18.3 Å². The molecule has 0 saturated carbocycles. The highest BCUT2D eigenvalue weighted by atomic mass is 16.6. The van der Waals surface area contributed by atoms with Crippen molar-refractivity contribution < 1.29 is 28.4 Å². The Morgan fingerprint density at radius 3 is 1.29 bits per heavy atom. The van der Waals surface area contributed by atoms with E-state index in [-0.39, 0.29) is 12.2 Å². The lowest BCUT2D eigenvalue weighted by molar-refractivity contribution is -0.199. The van der Waals surface area contributed by atoms with Crippen molar-refractivity contribution in [3.63, 3.8) is 0 Å². The van der Waals surface area contributed by atoms with Crippen molar-refractivity contribution in [2.45, 2.75) is 77.7 Å². The molecule has 0 aromatic heterocycles. The summed E-state index contributed by atoms with van der Waals surface area (Å²) in [5.74, 6) is 0. The highest BCUT2D eigenvalue weighted by Crippen LogP contribution is 2.22. The molecule has 4 aromatic carbocycles. The van der Waals surface area contributed by atoms with Gasteiger partial charge >= 0.3 is 0 Å². The minimum atomic E-state index is -0.503. The van der Waals surface area contributed by atoms with Crippen LogP contribution in [0.2, 0.25) is 0 Å². The molecule has 4 aromatic rings. The molecule has 0 aliphatic rings. The molecule has 6 nitrogen and oxygen atoms in total. The van der Waals surface area contributed by atoms with Gasteiger partial charge in [0.15, 0.2) is 0 Å². The van der Waals surface area contributed by atoms with E-state index in [1.807, 2.05) is 93.6 Å². The van der Waals surface area contributed by atoms with Gasteiger partial charge in [-0.05, 0) is 43.0 Å². The first-order valence-corrected chi connectivity index (χ1v) is 15.9. The maximum atomic E-state index is 6.74. The zero-order valence-electron chi connectivity index (χ0n) is 26.8. The summed E-state index contributed by atoms with van der Waals surface area (Å²) in [5.41, 5.74) is 4.33. The molecule has 0 saturated heterocycles. The monoisotopic (exact) mass is 612 g/mol. The quantitative estimate of drug-likeness (QED) is 0.0958. The molecule has 0 radical (unpaired) electrons. The molecule has 45 heavy (non-hydrogen) atoms. The van der Waals surface area contributed by atoms with Crippen LogP contribution < -0.4 is 0 Å². The van der Waals surface area contributed by atoms with Gasteiger partial charge in [-0.3, -0.25) is 0 Å². The van der Waals surface area contributed by atoms with E-state index in [1.165, 1.54) is 0 Å². The summed E-state index contributed by atoms with van der Waals surface area (Å²) in [6.07, 6.45) is -1.73. The first-order chi connectivity index (χ1) is 22.1. The Bertz CT molecular complexity index is 1290. The molecule has 4 rings (SSSR count). The second-order valence-electron chi connectivity index (χ2n) is 11.1. The normalized spacial score (nSPS) is 14.8. The number of hydrogen-bond acceptors (Lipinski definition) is 6. The molecule has 0 fully saturated rings. The fourth-order valence-corrected chi connectivity index (χ4v) is 4.97. The molecule has 0 amide bonds. The lowest BCUT2D eigenvalue weighted by Gasteiger charge is -2.36. The van der Waals surface area contributed by atoms with Gasteiger partial charge in [-0.1, -0.05) is 121 Å².